The third-order valence-electron chi connectivity index (χ3n) is 1.34. The average molecular weight is 171 g/mol. The molecule has 0 radical (unpaired) electrons. The lowest BCUT2D eigenvalue weighted by molar-refractivity contribution is 0.835. The molecule has 0 saturated carbocycles. The number of nitrogens with two attached hydrogens (primary N) is 1. The summed E-state index contributed by atoms with van der Waals surface area (Å²) < 4.78 is 0. The molecule has 0 unspecified atom stereocenters. The molecule has 1 aromatic rings. The Hall–Kier alpha value is -0.610. The van der Waals surface area contributed by atoms with Crippen LogP contribution >= 0.6 is 11.3 Å². The maximum Gasteiger partial charge on any atom is 0.185 e. The Labute approximate surface area is 70.9 Å². The van der Waals surface area contributed by atoms with Crippen LogP contribution in [0.25, 0.3) is 0 Å². The van der Waals surface area contributed by atoms with Crippen LogP contribution in [0.4, 0.5) is 5.13 Å². The second-order valence-electron chi connectivity index (χ2n) is 2.73. The van der Waals surface area contributed by atoms with Crippen LogP contribution in [0.15, 0.2) is 6.20 Å². The van der Waals surface area contributed by atoms with E-state index in [4.69, 9.17) is 5.73 Å². The monoisotopic (exact) mass is 171 g/mol. The molecule has 4 heteroatoms. The highest BCUT2D eigenvalue weighted by molar-refractivity contribution is 7.15. The van der Waals surface area contributed by atoms with E-state index in [9.17, 15) is 0 Å². The van der Waals surface area contributed by atoms with Crippen molar-refractivity contribution in [1.29, 1.82) is 0 Å². The first-order valence-electron chi connectivity index (χ1n) is 3.50. The van der Waals surface area contributed by atoms with E-state index in [1.165, 1.54) is 0 Å². The van der Waals surface area contributed by atoms with E-state index in [1.807, 2.05) is 32.1 Å². The van der Waals surface area contributed by atoms with Gasteiger partial charge in [0.15, 0.2) is 5.13 Å². The Kier molecular flexibility index (Phi) is 2.46. The maximum absolute atomic E-state index is 5.68. The molecule has 0 fully saturated rings. The molecule has 62 valence electrons. The average Bonchev–Trinajstić information content (AvgIpc) is 2.33. The minimum absolute atomic E-state index is 0.0983. The largest absolute Gasteiger partial charge is 0.354 e. The molecule has 0 aliphatic carbocycles. The summed E-state index contributed by atoms with van der Waals surface area (Å²) in [6, 6.07) is 0.0983. The van der Waals surface area contributed by atoms with Crippen molar-refractivity contribution in [3.05, 3.63) is 11.1 Å². The quantitative estimate of drug-likeness (QED) is 0.727. The van der Waals surface area contributed by atoms with E-state index in [-0.39, 0.29) is 6.04 Å². The lowest BCUT2D eigenvalue weighted by Crippen LogP contribution is -2.07. The summed E-state index contributed by atoms with van der Waals surface area (Å²) in [5.41, 5.74) is 5.68. The summed E-state index contributed by atoms with van der Waals surface area (Å²) in [5, 5.41) is 1.01. The lowest BCUT2D eigenvalue weighted by Gasteiger charge is -2.05. The van der Waals surface area contributed by atoms with E-state index in [2.05, 4.69) is 4.98 Å². The Morgan fingerprint density at radius 1 is 1.64 bits per heavy atom. The van der Waals surface area contributed by atoms with Crippen molar-refractivity contribution in [2.75, 3.05) is 19.0 Å². The molecule has 0 amide bonds. The van der Waals surface area contributed by atoms with Gasteiger partial charge in [-0.3, -0.25) is 0 Å². The molecule has 2 N–H and O–H groups in total. The van der Waals surface area contributed by atoms with E-state index in [0.717, 1.165) is 10.0 Å². The van der Waals surface area contributed by atoms with Crippen LogP contribution in [0.3, 0.4) is 0 Å². The molecular formula is C7H13N3S. The number of hydrogen-bond donors (Lipinski definition) is 1. The van der Waals surface area contributed by atoms with Gasteiger partial charge in [-0.25, -0.2) is 4.98 Å². The van der Waals surface area contributed by atoms with Gasteiger partial charge in [-0.1, -0.05) is 0 Å². The highest BCUT2D eigenvalue weighted by atomic mass is 32.1. The number of hydrogen-bond acceptors (Lipinski definition) is 4. The molecule has 1 aromatic heterocycles. The van der Waals surface area contributed by atoms with Gasteiger partial charge in [0.1, 0.15) is 0 Å². The highest BCUT2D eigenvalue weighted by Crippen LogP contribution is 2.23. The Balaban J connectivity index is 2.82. The zero-order valence-corrected chi connectivity index (χ0v) is 7.85. The van der Waals surface area contributed by atoms with Crippen molar-refractivity contribution >= 4 is 16.5 Å². The van der Waals surface area contributed by atoms with Crippen molar-refractivity contribution in [2.45, 2.75) is 13.0 Å². The Morgan fingerprint density at radius 3 is 2.55 bits per heavy atom. The fraction of sp³-hybridized carbons (Fsp3) is 0.571. The van der Waals surface area contributed by atoms with Crippen molar-refractivity contribution in [2.24, 2.45) is 5.73 Å². The predicted molar refractivity (Wildman–Crippen MR) is 49.0 cm³/mol. The first kappa shape index (κ1) is 8.49. The van der Waals surface area contributed by atoms with E-state index in [1.54, 1.807) is 11.3 Å². The zero-order chi connectivity index (χ0) is 8.43. The first-order valence-corrected chi connectivity index (χ1v) is 4.31. The standard InChI is InChI=1S/C7H13N3S/c1-5(8)6-4-9-7(11-6)10(2)3/h4-5H,8H2,1-3H3/t5-/m1/s1. The third-order valence-corrected chi connectivity index (χ3v) is 2.71. The van der Waals surface area contributed by atoms with Crippen LogP contribution in [0.2, 0.25) is 0 Å². The van der Waals surface area contributed by atoms with Gasteiger partial charge in [-0.05, 0) is 6.92 Å². The van der Waals surface area contributed by atoms with Gasteiger partial charge >= 0.3 is 0 Å². The second-order valence-corrected chi connectivity index (χ2v) is 3.77. The molecule has 11 heavy (non-hydrogen) atoms. The molecule has 0 aliphatic rings. The molecule has 1 atom stereocenters. The fourth-order valence-corrected chi connectivity index (χ4v) is 1.48. The molecule has 0 aliphatic heterocycles. The molecule has 1 rings (SSSR count). The smallest absolute Gasteiger partial charge is 0.185 e. The number of rotatable bonds is 2. The minimum atomic E-state index is 0.0983. The molecule has 3 nitrogen and oxygen atoms in total. The van der Waals surface area contributed by atoms with E-state index >= 15 is 0 Å². The molecule has 0 spiro atoms. The van der Waals surface area contributed by atoms with Crippen LogP contribution < -0.4 is 10.6 Å². The summed E-state index contributed by atoms with van der Waals surface area (Å²) >= 11 is 1.64. The molecule has 0 aromatic carbocycles. The molecule has 1 heterocycles. The predicted octanol–water partition coefficient (Wildman–Crippen LogP) is 1.23. The minimum Gasteiger partial charge on any atom is -0.354 e. The summed E-state index contributed by atoms with van der Waals surface area (Å²) in [6.45, 7) is 1.97. The molecule has 0 saturated heterocycles. The molecular weight excluding hydrogens is 158 g/mol. The van der Waals surface area contributed by atoms with Crippen LogP contribution in [0, 0.1) is 0 Å². The SMILES string of the molecule is C[C@@H](N)c1cnc(N(C)C)s1. The van der Waals surface area contributed by atoms with E-state index in [0.29, 0.717) is 0 Å². The van der Waals surface area contributed by atoms with Gasteiger partial charge in [-0.15, -0.1) is 11.3 Å². The first-order chi connectivity index (χ1) is 5.11. The fourth-order valence-electron chi connectivity index (χ4n) is 0.694. The van der Waals surface area contributed by atoms with Gasteiger partial charge in [0, 0.05) is 31.2 Å². The van der Waals surface area contributed by atoms with Crippen LogP contribution in [0.5, 0.6) is 0 Å². The van der Waals surface area contributed by atoms with Gasteiger partial charge in [0.25, 0.3) is 0 Å². The third kappa shape index (κ3) is 1.91. The number of aromatic nitrogens is 1. The van der Waals surface area contributed by atoms with Crippen LogP contribution in [-0.2, 0) is 0 Å². The number of thiazole rings is 1. The second kappa shape index (κ2) is 3.19. The summed E-state index contributed by atoms with van der Waals surface area (Å²) in [5.74, 6) is 0. The Morgan fingerprint density at radius 2 is 2.27 bits per heavy atom. The highest BCUT2D eigenvalue weighted by Gasteiger charge is 2.05. The normalized spacial score (nSPS) is 13.1. The summed E-state index contributed by atoms with van der Waals surface area (Å²) in [7, 11) is 3.95. The van der Waals surface area contributed by atoms with Crippen molar-refractivity contribution in [1.82, 2.24) is 4.98 Å². The van der Waals surface area contributed by atoms with E-state index < -0.39 is 0 Å². The van der Waals surface area contributed by atoms with Gasteiger partial charge in [0.05, 0.1) is 0 Å². The van der Waals surface area contributed by atoms with Crippen molar-refractivity contribution in [3.63, 3.8) is 0 Å². The summed E-state index contributed by atoms with van der Waals surface area (Å²) in [4.78, 5) is 7.32. The van der Waals surface area contributed by atoms with Gasteiger partial charge in [-0.2, -0.15) is 0 Å². The topological polar surface area (TPSA) is 42.1 Å². The molecule has 0 bridgehead atoms. The number of anilines is 1. The summed E-state index contributed by atoms with van der Waals surface area (Å²) in [6.07, 6.45) is 1.84. The number of nitrogens with zero attached hydrogens (tertiary/aromatic N) is 2. The van der Waals surface area contributed by atoms with Crippen molar-refractivity contribution < 1.29 is 0 Å². The Bertz CT molecular complexity index is 207. The zero-order valence-electron chi connectivity index (χ0n) is 7.03. The van der Waals surface area contributed by atoms with Crippen LogP contribution in [0.1, 0.15) is 17.8 Å². The lowest BCUT2D eigenvalue weighted by atomic mass is 10.3. The van der Waals surface area contributed by atoms with Gasteiger partial charge < -0.3 is 10.6 Å². The van der Waals surface area contributed by atoms with Crippen LogP contribution in [-0.4, -0.2) is 19.1 Å². The van der Waals surface area contributed by atoms with Crippen molar-refractivity contribution in [3.8, 4) is 0 Å². The van der Waals surface area contributed by atoms with Gasteiger partial charge in [0.2, 0.25) is 0 Å². The maximum atomic E-state index is 5.68.